The molecule has 1 amide bonds. The number of carbonyl (C=O) groups is 1. The predicted molar refractivity (Wildman–Crippen MR) is 134 cm³/mol. The molecule has 0 bridgehead atoms. The van der Waals surface area contributed by atoms with Crippen LogP contribution in [0.4, 0.5) is 0 Å². The lowest BCUT2D eigenvalue weighted by atomic mass is 9.90. The largest absolute Gasteiger partial charge is 0.493 e. The molecule has 1 atom stereocenters. The maximum absolute atomic E-state index is 12.6. The fourth-order valence-corrected chi connectivity index (χ4v) is 4.01. The Morgan fingerprint density at radius 3 is 2.60 bits per heavy atom. The molecule has 0 saturated carbocycles. The Hall–Kier alpha value is -4.44. The first kappa shape index (κ1) is 23.7. The number of amides is 1. The summed E-state index contributed by atoms with van der Waals surface area (Å²) < 4.78 is 16.8. The van der Waals surface area contributed by atoms with E-state index in [0.29, 0.717) is 36.0 Å². The third-order valence-corrected chi connectivity index (χ3v) is 5.74. The lowest BCUT2D eigenvalue weighted by Crippen LogP contribution is -2.32. The molecule has 1 heterocycles. The third kappa shape index (κ3) is 5.56. The van der Waals surface area contributed by atoms with Gasteiger partial charge in [-0.05, 0) is 60.5 Å². The molecule has 35 heavy (non-hydrogen) atoms. The number of H-pyrrole nitrogens is 1. The number of methoxy groups -OCH3 is 1. The summed E-state index contributed by atoms with van der Waals surface area (Å²) in [6, 6.07) is 22.6. The number of hydrogen-bond acceptors (Lipinski definition) is 5. The van der Waals surface area contributed by atoms with Crippen molar-refractivity contribution in [1.82, 2.24) is 10.3 Å². The Morgan fingerprint density at radius 2 is 1.86 bits per heavy atom. The second kappa shape index (κ2) is 11.1. The molecule has 0 saturated heterocycles. The molecule has 7 heteroatoms. The Morgan fingerprint density at radius 1 is 1.06 bits per heavy atom. The third-order valence-electron chi connectivity index (χ3n) is 5.74. The van der Waals surface area contributed by atoms with Crippen molar-refractivity contribution in [3.63, 3.8) is 0 Å². The number of nitrogens with zero attached hydrogens (tertiary/aromatic N) is 1. The van der Waals surface area contributed by atoms with Gasteiger partial charge in [0.1, 0.15) is 5.75 Å². The molecule has 3 aromatic carbocycles. The van der Waals surface area contributed by atoms with Crippen molar-refractivity contribution in [2.45, 2.75) is 12.8 Å². The SMILES string of the molecule is CCOc1ccc(C(CNC(=O)COc2ccc(C#N)cc2)c2c[nH]c3ccccc23)cc1OC. The van der Waals surface area contributed by atoms with Crippen LogP contribution in [0.15, 0.2) is 72.9 Å². The molecule has 0 spiro atoms. The molecule has 0 aliphatic carbocycles. The fraction of sp³-hybridized carbons (Fsp3) is 0.214. The number of aromatic nitrogens is 1. The average Bonchev–Trinajstić information content (AvgIpc) is 3.32. The van der Waals surface area contributed by atoms with Crippen LogP contribution < -0.4 is 19.5 Å². The molecule has 1 unspecified atom stereocenters. The van der Waals surface area contributed by atoms with Crippen LogP contribution in [0.2, 0.25) is 0 Å². The van der Waals surface area contributed by atoms with Gasteiger partial charge in [-0.2, -0.15) is 5.26 Å². The van der Waals surface area contributed by atoms with Gasteiger partial charge in [0.2, 0.25) is 0 Å². The van der Waals surface area contributed by atoms with Crippen molar-refractivity contribution in [2.75, 3.05) is 26.9 Å². The van der Waals surface area contributed by atoms with E-state index >= 15 is 0 Å². The molecule has 4 aromatic rings. The van der Waals surface area contributed by atoms with Crippen LogP contribution in [0.3, 0.4) is 0 Å². The van der Waals surface area contributed by atoms with Crippen molar-refractivity contribution in [2.24, 2.45) is 0 Å². The number of benzene rings is 3. The predicted octanol–water partition coefficient (Wildman–Crippen LogP) is 4.77. The van der Waals surface area contributed by atoms with Crippen LogP contribution >= 0.6 is 0 Å². The van der Waals surface area contributed by atoms with Crippen molar-refractivity contribution < 1.29 is 19.0 Å². The molecule has 0 aliphatic heterocycles. The number of nitriles is 1. The zero-order valence-electron chi connectivity index (χ0n) is 19.7. The van der Waals surface area contributed by atoms with Gasteiger partial charge in [0.25, 0.3) is 5.91 Å². The minimum Gasteiger partial charge on any atom is -0.493 e. The first-order valence-corrected chi connectivity index (χ1v) is 11.4. The highest BCUT2D eigenvalue weighted by molar-refractivity contribution is 5.84. The molecule has 2 N–H and O–H groups in total. The van der Waals surface area contributed by atoms with E-state index in [9.17, 15) is 4.79 Å². The quantitative estimate of drug-likeness (QED) is 0.349. The highest BCUT2D eigenvalue weighted by Crippen LogP contribution is 2.35. The first-order chi connectivity index (χ1) is 17.1. The second-order valence-corrected chi connectivity index (χ2v) is 7.91. The van der Waals surface area contributed by atoms with Crippen LogP contribution in [0, 0.1) is 11.3 Å². The summed E-state index contributed by atoms with van der Waals surface area (Å²) in [5, 5.41) is 13.0. The lowest BCUT2D eigenvalue weighted by molar-refractivity contribution is -0.123. The summed E-state index contributed by atoms with van der Waals surface area (Å²) in [6.07, 6.45) is 1.98. The highest BCUT2D eigenvalue weighted by Gasteiger charge is 2.21. The number of nitrogens with one attached hydrogen (secondary N) is 2. The normalized spacial score (nSPS) is 11.5. The molecular formula is C28H27N3O4. The molecule has 0 fully saturated rings. The zero-order chi connectivity index (χ0) is 24.6. The van der Waals surface area contributed by atoms with Crippen LogP contribution in [0.25, 0.3) is 10.9 Å². The van der Waals surface area contributed by atoms with E-state index in [1.54, 1.807) is 31.4 Å². The fourth-order valence-electron chi connectivity index (χ4n) is 4.01. The Bertz CT molecular complexity index is 1340. The number of rotatable bonds is 10. The van der Waals surface area contributed by atoms with Crippen LogP contribution in [0.5, 0.6) is 17.2 Å². The average molecular weight is 470 g/mol. The second-order valence-electron chi connectivity index (χ2n) is 7.91. The standard InChI is InChI=1S/C28H27N3O4/c1-3-34-26-13-10-20(14-27(26)33-2)23(24-17-30-25-7-5-4-6-22(24)25)16-31-28(32)18-35-21-11-8-19(15-29)9-12-21/h4-14,17,23,30H,3,16,18H2,1-2H3,(H,31,32). The summed E-state index contributed by atoms with van der Waals surface area (Å²) in [6.45, 7) is 2.71. The molecule has 0 radical (unpaired) electrons. The lowest BCUT2D eigenvalue weighted by Gasteiger charge is -2.20. The van der Waals surface area contributed by atoms with Gasteiger partial charge in [0, 0.05) is 29.6 Å². The summed E-state index contributed by atoms with van der Waals surface area (Å²) in [5.74, 6) is 1.48. The number of hydrogen-bond donors (Lipinski definition) is 2. The van der Waals surface area contributed by atoms with E-state index in [1.807, 2.05) is 49.5 Å². The van der Waals surface area contributed by atoms with Crippen LogP contribution in [-0.2, 0) is 4.79 Å². The van der Waals surface area contributed by atoms with E-state index in [2.05, 4.69) is 22.4 Å². The minimum atomic E-state index is -0.239. The number of carbonyl (C=O) groups excluding carboxylic acids is 1. The van der Waals surface area contributed by atoms with Crippen molar-refractivity contribution >= 4 is 16.8 Å². The molecule has 178 valence electrons. The van der Waals surface area contributed by atoms with Gasteiger partial charge < -0.3 is 24.5 Å². The first-order valence-electron chi connectivity index (χ1n) is 11.4. The van der Waals surface area contributed by atoms with Gasteiger partial charge in [0.05, 0.1) is 25.3 Å². The van der Waals surface area contributed by atoms with Gasteiger partial charge in [-0.3, -0.25) is 4.79 Å². The van der Waals surface area contributed by atoms with Crippen molar-refractivity contribution in [1.29, 1.82) is 5.26 Å². The van der Waals surface area contributed by atoms with Gasteiger partial charge in [-0.1, -0.05) is 24.3 Å². The van der Waals surface area contributed by atoms with Gasteiger partial charge in [-0.25, -0.2) is 0 Å². The Balaban J connectivity index is 1.54. The van der Waals surface area contributed by atoms with E-state index in [1.165, 1.54) is 0 Å². The number of aromatic amines is 1. The topological polar surface area (TPSA) is 96.4 Å². The zero-order valence-corrected chi connectivity index (χ0v) is 19.7. The molecule has 7 nitrogen and oxygen atoms in total. The number of fused-ring (bicyclic) bond motifs is 1. The van der Waals surface area contributed by atoms with Crippen molar-refractivity contribution in [3.05, 3.63) is 89.6 Å². The summed E-state index contributed by atoms with van der Waals surface area (Å²) in [5.41, 5.74) is 3.62. The minimum absolute atomic E-state index is 0.126. The Kier molecular flexibility index (Phi) is 7.53. The maximum Gasteiger partial charge on any atom is 0.257 e. The highest BCUT2D eigenvalue weighted by atomic mass is 16.5. The van der Waals surface area contributed by atoms with Crippen LogP contribution in [0.1, 0.15) is 29.5 Å². The Labute approximate surface area is 204 Å². The number of para-hydroxylation sites is 1. The van der Waals surface area contributed by atoms with E-state index in [0.717, 1.165) is 22.0 Å². The van der Waals surface area contributed by atoms with Gasteiger partial charge in [-0.15, -0.1) is 0 Å². The summed E-state index contributed by atoms with van der Waals surface area (Å²) in [4.78, 5) is 16.0. The van der Waals surface area contributed by atoms with Gasteiger partial charge >= 0.3 is 0 Å². The molecular weight excluding hydrogens is 442 g/mol. The van der Waals surface area contributed by atoms with E-state index < -0.39 is 0 Å². The smallest absolute Gasteiger partial charge is 0.257 e. The molecule has 4 rings (SSSR count). The summed E-state index contributed by atoms with van der Waals surface area (Å²) in [7, 11) is 1.62. The van der Waals surface area contributed by atoms with E-state index in [-0.39, 0.29) is 18.4 Å². The monoisotopic (exact) mass is 469 g/mol. The number of ether oxygens (including phenoxy) is 3. The van der Waals surface area contributed by atoms with Crippen LogP contribution in [-0.4, -0.2) is 37.8 Å². The van der Waals surface area contributed by atoms with E-state index in [4.69, 9.17) is 19.5 Å². The van der Waals surface area contributed by atoms with Crippen molar-refractivity contribution in [3.8, 4) is 23.3 Å². The molecule has 1 aromatic heterocycles. The summed E-state index contributed by atoms with van der Waals surface area (Å²) >= 11 is 0. The van der Waals surface area contributed by atoms with Gasteiger partial charge in [0.15, 0.2) is 18.1 Å². The molecule has 0 aliphatic rings. The maximum atomic E-state index is 12.6.